The van der Waals surface area contributed by atoms with Crippen LogP contribution in [0.15, 0.2) is 12.1 Å². The van der Waals surface area contributed by atoms with Crippen LogP contribution in [0, 0.1) is 10.1 Å². The van der Waals surface area contributed by atoms with E-state index in [4.69, 9.17) is 5.11 Å². The van der Waals surface area contributed by atoms with Gasteiger partial charge in [0.25, 0.3) is 5.69 Å². The molecule has 10 heteroatoms. The Morgan fingerprint density at radius 1 is 1.11 bits per heavy atom. The van der Waals surface area contributed by atoms with Crippen molar-refractivity contribution in [3.63, 3.8) is 0 Å². The number of nitro groups is 1. The van der Waals surface area contributed by atoms with E-state index < -0.39 is 46.3 Å². The molecule has 0 heterocycles. The van der Waals surface area contributed by atoms with Crippen molar-refractivity contribution in [1.29, 1.82) is 0 Å². The van der Waals surface area contributed by atoms with Gasteiger partial charge in [-0.1, -0.05) is 0 Å². The first-order valence-electron chi connectivity index (χ1n) is 4.55. The molecule has 1 aromatic rings. The average Bonchev–Trinajstić information content (AvgIpc) is 2.24. The second-order valence-corrected chi connectivity index (χ2v) is 3.40. The summed E-state index contributed by atoms with van der Waals surface area (Å²) in [4.78, 5) is 9.18. The highest BCUT2D eigenvalue weighted by Crippen LogP contribution is 2.44. The molecule has 1 aromatic carbocycles. The Bertz CT molecular complexity index is 508. The number of hydrogen-bond acceptors (Lipinski definition) is 3. The lowest BCUT2D eigenvalue weighted by atomic mass is 9.98. The summed E-state index contributed by atoms with van der Waals surface area (Å²) in [6.45, 7) is -1.53. The Balaban J connectivity index is 3.76. The second-order valence-electron chi connectivity index (χ2n) is 3.40. The molecule has 19 heavy (non-hydrogen) atoms. The maximum absolute atomic E-state index is 12.6. The summed E-state index contributed by atoms with van der Waals surface area (Å²) in [6.07, 6.45) is -10.8. The number of halogens is 6. The van der Waals surface area contributed by atoms with Gasteiger partial charge in [-0.3, -0.25) is 10.1 Å². The third-order valence-electron chi connectivity index (χ3n) is 2.23. The van der Waals surface area contributed by atoms with Gasteiger partial charge in [0.15, 0.2) is 0 Å². The van der Waals surface area contributed by atoms with Crippen molar-refractivity contribution < 1.29 is 36.4 Å². The number of hydrogen-bond donors (Lipinski definition) is 1. The molecule has 0 fully saturated rings. The monoisotopic (exact) mass is 289 g/mol. The minimum atomic E-state index is -5.48. The number of aliphatic hydroxyl groups is 1. The molecule has 0 unspecified atom stereocenters. The van der Waals surface area contributed by atoms with Gasteiger partial charge in [-0.15, -0.1) is 0 Å². The first-order chi connectivity index (χ1) is 8.50. The maximum atomic E-state index is 12.6. The predicted octanol–water partition coefficient (Wildman–Crippen LogP) is 3.12. The van der Waals surface area contributed by atoms with Crippen molar-refractivity contribution in [2.24, 2.45) is 0 Å². The Morgan fingerprint density at radius 2 is 1.63 bits per heavy atom. The number of aliphatic hydroxyl groups excluding tert-OH is 1. The molecule has 0 amide bonds. The topological polar surface area (TPSA) is 63.4 Å². The van der Waals surface area contributed by atoms with E-state index in [1.165, 1.54) is 0 Å². The van der Waals surface area contributed by atoms with Gasteiger partial charge in [-0.2, -0.15) is 26.3 Å². The summed E-state index contributed by atoms with van der Waals surface area (Å²) in [5, 5.41) is 19.2. The predicted molar refractivity (Wildman–Crippen MR) is 49.0 cm³/mol. The van der Waals surface area contributed by atoms with Gasteiger partial charge in [0.1, 0.15) is 0 Å². The van der Waals surface area contributed by atoms with Gasteiger partial charge >= 0.3 is 12.4 Å². The zero-order chi connectivity index (χ0) is 15.0. The van der Waals surface area contributed by atoms with Crippen LogP contribution in [-0.2, 0) is 19.0 Å². The second kappa shape index (κ2) is 4.68. The molecule has 0 aliphatic rings. The van der Waals surface area contributed by atoms with Gasteiger partial charge in [0.2, 0.25) is 0 Å². The fourth-order valence-corrected chi connectivity index (χ4v) is 1.53. The zero-order valence-corrected chi connectivity index (χ0v) is 8.84. The molecule has 0 spiro atoms. The van der Waals surface area contributed by atoms with Crippen molar-refractivity contribution >= 4 is 5.69 Å². The van der Waals surface area contributed by atoms with Gasteiger partial charge in [-0.25, -0.2) is 0 Å². The first kappa shape index (κ1) is 15.2. The number of nitrogens with zero attached hydrogens (tertiary/aromatic N) is 1. The van der Waals surface area contributed by atoms with Crippen LogP contribution in [0.1, 0.15) is 16.7 Å². The minimum Gasteiger partial charge on any atom is -0.391 e. The SMILES string of the molecule is O=[N+]([O-])c1ccc(C(F)(F)F)c(C(F)(F)F)c1CO. The highest BCUT2D eigenvalue weighted by atomic mass is 19.4. The molecule has 1 rings (SSSR count). The third-order valence-corrected chi connectivity index (χ3v) is 2.23. The molecule has 0 radical (unpaired) electrons. The molecule has 0 bridgehead atoms. The summed E-state index contributed by atoms with van der Waals surface area (Å²) >= 11 is 0. The molecule has 4 nitrogen and oxygen atoms in total. The van der Waals surface area contributed by atoms with Crippen LogP contribution in [0.2, 0.25) is 0 Å². The third kappa shape index (κ3) is 2.95. The highest BCUT2D eigenvalue weighted by molar-refractivity contribution is 5.51. The average molecular weight is 289 g/mol. The van der Waals surface area contributed by atoms with E-state index in [1.54, 1.807) is 0 Å². The molecule has 0 atom stereocenters. The molecule has 0 aliphatic carbocycles. The van der Waals surface area contributed by atoms with Crippen LogP contribution in [0.3, 0.4) is 0 Å². The van der Waals surface area contributed by atoms with Crippen LogP contribution in [0.5, 0.6) is 0 Å². The number of nitro benzene ring substituents is 1. The lowest BCUT2D eigenvalue weighted by Gasteiger charge is -2.18. The van der Waals surface area contributed by atoms with Crippen LogP contribution in [0.4, 0.5) is 32.0 Å². The van der Waals surface area contributed by atoms with E-state index >= 15 is 0 Å². The quantitative estimate of drug-likeness (QED) is 0.517. The molecule has 0 aliphatic heterocycles. The Hall–Kier alpha value is -1.84. The van der Waals surface area contributed by atoms with E-state index in [2.05, 4.69) is 0 Å². The van der Waals surface area contributed by atoms with E-state index in [9.17, 15) is 36.5 Å². The molecule has 0 aromatic heterocycles. The van der Waals surface area contributed by atoms with Crippen LogP contribution in [0.25, 0.3) is 0 Å². The maximum Gasteiger partial charge on any atom is 0.417 e. The van der Waals surface area contributed by atoms with Gasteiger partial charge < -0.3 is 5.11 Å². The largest absolute Gasteiger partial charge is 0.417 e. The normalized spacial score (nSPS) is 12.6. The fraction of sp³-hybridized carbons (Fsp3) is 0.333. The molecule has 0 saturated heterocycles. The van der Waals surface area contributed by atoms with E-state index in [1.807, 2.05) is 0 Å². The lowest BCUT2D eigenvalue weighted by molar-refractivity contribution is -0.386. The minimum absolute atomic E-state index is 0.0277. The summed E-state index contributed by atoms with van der Waals surface area (Å²) in [7, 11) is 0. The standard InChI is InChI=1S/C9H5F6NO3/c10-8(11,12)5-1-2-6(16(18)19)4(3-17)7(5)9(13,14)15/h1-2,17H,3H2. The number of benzene rings is 1. The number of rotatable bonds is 2. The lowest BCUT2D eigenvalue weighted by Crippen LogP contribution is -2.20. The van der Waals surface area contributed by atoms with Crippen molar-refractivity contribution in [3.05, 3.63) is 38.9 Å². The molecule has 1 N–H and O–H groups in total. The summed E-state index contributed by atoms with van der Waals surface area (Å²) in [5.74, 6) is 0. The molecule has 106 valence electrons. The molecule has 0 saturated carbocycles. The first-order valence-corrected chi connectivity index (χ1v) is 4.55. The van der Waals surface area contributed by atoms with Crippen molar-refractivity contribution in [2.45, 2.75) is 19.0 Å². The smallest absolute Gasteiger partial charge is 0.391 e. The summed E-state index contributed by atoms with van der Waals surface area (Å²) < 4.78 is 75.3. The Kier molecular flexibility index (Phi) is 3.75. The summed E-state index contributed by atoms with van der Waals surface area (Å²) in [5.41, 5.74) is -6.94. The van der Waals surface area contributed by atoms with E-state index in [0.29, 0.717) is 0 Å². The Morgan fingerprint density at radius 3 is 1.95 bits per heavy atom. The zero-order valence-electron chi connectivity index (χ0n) is 8.84. The van der Waals surface area contributed by atoms with Crippen LogP contribution < -0.4 is 0 Å². The highest BCUT2D eigenvalue weighted by Gasteiger charge is 2.46. The number of alkyl halides is 6. The van der Waals surface area contributed by atoms with Crippen molar-refractivity contribution in [2.75, 3.05) is 0 Å². The van der Waals surface area contributed by atoms with Crippen molar-refractivity contribution in [3.8, 4) is 0 Å². The van der Waals surface area contributed by atoms with Crippen molar-refractivity contribution in [1.82, 2.24) is 0 Å². The van der Waals surface area contributed by atoms with Crippen LogP contribution in [-0.4, -0.2) is 10.0 Å². The van der Waals surface area contributed by atoms with Gasteiger partial charge in [0.05, 0.1) is 28.2 Å². The van der Waals surface area contributed by atoms with E-state index in [-0.39, 0.29) is 12.1 Å². The van der Waals surface area contributed by atoms with Crippen LogP contribution >= 0.6 is 0 Å². The Labute approximate surface area is 101 Å². The van der Waals surface area contributed by atoms with Gasteiger partial charge in [0, 0.05) is 6.07 Å². The molecular weight excluding hydrogens is 284 g/mol. The fourth-order valence-electron chi connectivity index (χ4n) is 1.53. The van der Waals surface area contributed by atoms with E-state index in [0.717, 1.165) is 0 Å². The van der Waals surface area contributed by atoms with Gasteiger partial charge in [-0.05, 0) is 6.07 Å². The molecular formula is C9H5F6NO3. The summed E-state index contributed by atoms with van der Waals surface area (Å²) in [6, 6.07) is 0.254.